The van der Waals surface area contributed by atoms with E-state index in [2.05, 4.69) is 20.3 Å². The molecule has 0 saturated carbocycles. The van der Waals surface area contributed by atoms with Gasteiger partial charge >= 0.3 is 0 Å². The van der Waals surface area contributed by atoms with Crippen molar-refractivity contribution in [3.05, 3.63) is 0 Å². The molecular formula is C12H29IN4O4S2. The largest absolute Gasteiger partial charge is 0.355 e. The van der Waals surface area contributed by atoms with Gasteiger partial charge < -0.3 is 10.6 Å². The number of guanidine groups is 1. The summed E-state index contributed by atoms with van der Waals surface area (Å²) in [6, 6.07) is -0.0769. The first-order chi connectivity index (χ1) is 9.74. The van der Waals surface area contributed by atoms with Crippen molar-refractivity contribution >= 4 is 49.8 Å². The van der Waals surface area contributed by atoms with Gasteiger partial charge in [-0.05, 0) is 27.2 Å². The third-order valence-electron chi connectivity index (χ3n) is 2.69. The van der Waals surface area contributed by atoms with E-state index in [9.17, 15) is 16.8 Å². The van der Waals surface area contributed by atoms with Gasteiger partial charge in [-0.25, -0.2) is 21.6 Å². The topological polar surface area (TPSA) is 117 Å². The number of hydrogen-bond acceptors (Lipinski definition) is 5. The fourth-order valence-electron chi connectivity index (χ4n) is 1.73. The molecule has 0 amide bonds. The van der Waals surface area contributed by atoms with Crippen LogP contribution in [0.15, 0.2) is 4.99 Å². The van der Waals surface area contributed by atoms with Crippen LogP contribution in [0.3, 0.4) is 0 Å². The highest BCUT2D eigenvalue weighted by Gasteiger charge is 2.22. The second kappa shape index (κ2) is 9.99. The van der Waals surface area contributed by atoms with Crippen LogP contribution in [0.5, 0.6) is 0 Å². The standard InChI is InChI=1S/C12H28N4O4S2.HI/c1-10(7-8-21(5,17)18)15-11(13-4)14-9-12(2,3)16-22(6,19)20;/h10,16H,7-9H2,1-6H3,(H2,13,14,15);1H. The Labute approximate surface area is 157 Å². The van der Waals surface area contributed by atoms with E-state index in [-0.39, 0.29) is 35.8 Å². The van der Waals surface area contributed by atoms with Gasteiger partial charge in [-0.2, -0.15) is 0 Å². The number of hydrogen-bond donors (Lipinski definition) is 3. The van der Waals surface area contributed by atoms with Crippen LogP contribution >= 0.6 is 24.0 Å². The van der Waals surface area contributed by atoms with Gasteiger partial charge in [0.1, 0.15) is 9.84 Å². The Morgan fingerprint density at radius 3 is 2.09 bits per heavy atom. The van der Waals surface area contributed by atoms with Gasteiger partial charge in [0.2, 0.25) is 10.0 Å². The number of aliphatic imine (C=N–C) groups is 1. The third-order valence-corrected chi connectivity index (χ3v) is 4.59. The summed E-state index contributed by atoms with van der Waals surface area (Å²) in [4.78, 5) is 4.04. The summed E-state index contributed by atoms with van der Waals surface area (Å²) < 4.78 is 47.4. The molecule has 0 aliphatic rings. The molecule has 0 spiro atoms. The number of nitrogens with one attached hydrogen (secondary N) is 3. The molecule has 0 aliphatic heterocycles. The van der Waals surface area contributed by atoms with E-state index < -0.39 is 25.4 Å². The molecule has 0 aromatic carbocycles. The van der Waals surface area contributed by atoms with Crippen molar-refractivity contribution in [1.29, 1.82) is 0 Å². The minimum absolute atomic E-state index is 0. The summed E-state index contributed by atoms with van der Waals surface area (Å²) in [7, 11) is -4.70. The van der Waals surface area contributed by atoms with Crippen LogP contribution in [0.2, 0.25) is 0 Å². The summed E-state index contributed by atoms with van der Waals surface area (Å²) in [5.41, 5.74) is -0.679. The third kappa shape index (κ3) is 15.1. The normalized spacial score (nSPS) is 14.8. The van der Waals surface area contributed by atoms with E-state index in [1.165, 1.54) is 6.26 Å². The molecule has 0 heterocycles. The molecule has 0 aliphatic carbocycles. The van der Waals surface area contributed by atoms with Crippen LogP contribution in [-0.2, 0) is 19.9 Å². The molecular weight excluding hydrogens is 455 g/mol. The van der Waals surface area contributed by atoms with E-state index in [4.69, 9.17) is 0 Å². The zero-order valence-corrected chi connectivity index (χ0v) is 18.5. The maximum absolute atomic E-state index is 11.3. The second-order valence-electron chi connectivity index (χ2n) is 6.15. The molecule has 11 heteroatoms. The summed E-state index contributed by atoms with van der Waals surface area (Å²) in [6.45, 7) is 5.69. The van der Waals surface area contributed by atoms with Crippen molar-refractivity contribution in [3.8, 4) is 0 Å². The van der Waals surface area contributed by atoms with Gasteiger partial charge in [0.05, 0.1) is 12.0 Å². The summed E-state index contributed by atoms with van der Waals surface area (Å²) in [5, 5.41) is 6.09. The Morgan fingerprint density at radius 1 is 1.17 bits per heavy atom. The zero-order chi connectivity index (χ0) is 17.6. The quantitative estimate of drug-likeness (QED) is 0.252. The molecule has 1 unspecified atom stereocenters. The monoisotopic (exact) mass is 484 g/mol. The molecule has 140 valence electrons. The van der Waals surface area contributed by atoms with Gasteiger partial charge in [-0.3, -0.25) is 4.99 Å². The second-order valence-corrected chi connectivity index (χ2v) is 10.2. The SMILES string of the molecule is CN=C(NCC(C)(C)NS(C)(=O)=O)NC(C)CCS(C)(=O)=O.I. The molecule has 0 fully saturated rings. The number of nitrogens with zero attached hydrogens (tertiary/aromatic N) is 1. The lowest BCUT2D eigenvalue weighted by molar-refractivity contribution is 0.445. The highest BCUT2D eigenvalue weighted by atomic mass is 127. The first-order valence-corrected chi connectivity index (χ1v) is 10.8. The van der Waals surface area contributed by atoms with E-state index in [1.54, 1.807) is 20.9 Å². The van der Waals surface area contributed by atoms with Crippen LogP contribution in [0.25, 0.3) is 0 Å². The first-order valence-electron chi connectivity index (χ1n) is 6.88. The molecule has 0 bridgehead atoms. The fraction of sp³-hybridized carbons (Fsp3) is 0.917. The van der Waals surface area contributed by atoms with E-state index in [1.807, 2.05) is 6.92 Å². The van der Waals surface area contributed by atoms with Crippen LogP contribution < -0.4 is 15.4 Å². The molecule has 1 atom stereocenters. The van der Waals surface area contributed by atoms with Gasteiger partial charge in [0, 0.05) is 31.4 Å². The Bertz CT molecular complexity index is 588. The number of sulfone groups is 1. The van der Waals surface area contributed by atoms with Crippen LogP contribution in [0, 0.1) is 0 Å². The highest BCUT2D eigenvalue weighted by molar-refractivity contribution is 14.0. The minimum Gasteiger partial charge on any atom is -0.355 e. The summed E-state index contributed by atoms with van der Waals surface area (Å²) >= 11 is 0. The van der Waals surface area contributed by atoms with Gasteiger partial charge in [-0.15, -0.1) is 24.0 Å². The zero-order valence-electron chi connectivity index (χ0n) is 14.5. The van der Waals surface area contributed by atoms with Crippen molar-refractivity contribution in [3.63, 3.8) is 0 Å². The predicted molar refractivity (Wildman–Crippen MR) is 106 cm³/mol. The average molecular weight is 484 g/mol. The van der Waals surface area contributed by atoms with E-state index >= 15 is 0 Å². The molecule has 8 nitrogen and oxygen atoms in total. The van der Waals surface area contributed by atoms with E-state index in [0.29, 0.717) is 18.9 Å². The molecule has 23 heavy (non-hydrogen) atoms. The predicted octanol–water partition coefficient (Wildman–Crippen LogP) is -0.0796. The summed E-state index contributed by atoms with van der Waals surface area (Å²) in [6.07, 6.45) is 2.77. The lowest BCUT2D eigenvalue weighted by Gasteiger charge is -2.27. The Morgan fingerprint density at radius 2 is 1.70 bits per heavy atom. The number of halogens is 1. The van der Waals surface area contributed by atoms with Crippen molar-refractivity contribution in [2.24, 2.45) is 4.99 Å². The Kier molecular flexibility index (Phi) is 10.9. The van der Waals surface area contributed by atoms with Crippen molar-refractivity contribution < 1.29 is 16.8 Å². The van der Waals surface area contributed by atoms with E-state index in [0.717, 1.165) is 6.26 Å². The Hall–Kier alpha value is -0.140. The van der Waals surface area contributed by atoms with Crippen molar-refractivity contribution in [1.82, 2.24) is 15.4 Å². The van der Waals surface area contributed by atoms with Crippen LogP contribution in [-0.4, -0.2) is 66.2 Å². The lowest BCUT2D eigenvalue weighted by atomic mass is 10.1. The maximum Gasteiger partial charge on any atom is 0.209 e. The Balaban J connectivity index is 0. The van der Waals surface area contributed by atoms with Crippen molar-refractivity contribution in [2.75, 3.05) is 31.9 Å². The van der Waals surface area contributed by atoms with Gasteiger partial charge in [-0.1, -0.05) is 0 Å². The molecule has 0 radical (unpaired) electrons. The molecule has 0 rings (SSSR count). The van der Waals surface area contributed by atoms with Crippen molar-refractivity contribution in [2.45, 2.75) is 38.8 Å². The first kappa shape index (κ1) is 25.1. The van der Waals surface area contributed by atoms with Crippen LogP contribution in [0.1, 0.15) is 27.2 Å². The maximum atomic E-state index is 11.3. The minimum atomic E-state index is -3.30. The highest BCUT2D eigenvalue weighted by Crippen LogP contribution is 2.02. The smallest absolute Gasteiger partial charge is 0.209 e. The molecule has 0 saturated heterocycles. The summed E-state index contributed by atoms with van der Waals surface area (Å²) in [5.74, 6) is 0.587. The van der Waals surface area contributed by atoms with Gasteiger partial charge in [0.25, 0.3) is 0 Å². The number of sulfonamides is 1. The fourth-order valence-corrected chi connectivity index (χ4v) is 3.59. The lowest BCUT2D eigenvalue weighted by Crippen LogP contribution is -2.53. The molecule has 3 N–H and O–H groups in total. The van der Waals surface area contributed by atoms with Gasteiger partial charge in [0.15, 0.2) is 5.96 Å². The van der Waals surface area contributed by atoms with Crippen LogP contribution in [0.4, 0.5) is 0 Å². The average Bonchev–Trinajstić information content (AvgIpc) is 2.28. The molecule has 0 aromatic rings. The number of rotatable bonds is 8. The molecule has 0 aromatic heterocycles.